The molecule has 0 aliphatic heterocycles. The molecule has 43 heavy (non-hydrogen) atoms. The number of methoxy groups -OCH3 is 3. The molecule has 4 rings (SSSR count). The van der Waals surface area contributed by atoms with Gasteiger partial charge in [-0.25, -0.2) is 0 Å². The van der Waals surface area contributed by atoms with E-state index in [2.05, 4.69) is 10.6 Å². The summed E-state index contributed by atoms with van der Waals surface area (Å²) in [6.45, 7) is 1.99. The van der Waals surface area contributed by atoms with E-state index in [4.69, 9.17) is 37.4 Å². The number of carbonyl (C=O) groups excluding carboxylic acids is 2. The van der Waals surface area contributed by atoms with Gasteiger partial charge in [-0.2, -0.15) is 0 Å². The number of hydrogen-bond acceptors (Lipinski definition) is 5. The van der Waals surface area contributed by atoms with Gasteiger partial charge in [0.1, 0.15) is 17.2 Å². The van der Waals surface area contributed by atoms with Crippen molar-refractivity contribution >= 4 is 35.0 Å². The average Bonchev–Trinajstić information content (AvgIpc) is 3.06. The number of benzene rings is 4. The highest BCUT2D eigenvalue weighted by molar-refractivity contribution is 6.40. The molecular weight excluding hydrogens is 587 g/mol. The van der Waals surface area contributed by atoms with Crippen LogP contribution < -0.4 is 24.8 Å². The first-order chi connectivity index (χ1) is 20.9. The maximum absolute atomic E-state index is 13.6. The lowest BCUT2D eigenvalue weighted by molar-refractivity contribution is 0.0890. The second-order valence-electron chi connectivity index (χ2n) is 9.45. The quantitative estimate of drug-likeness (QED) is 0.170. The SMILES string of the molecule is COc1cc(OC)c([C@H](NC(=O)c2ccccc2)[C@H](C)[C@@H](NC(=O)c2ccccc2)c2ccccc2)c(OC)c1.ClCCl. The Morgan fingerprint density at radius 3 is 1.44 bits per heavy atom. The minimum Gasteiger partial charge on any atom is -0.496 e. The third kappa shape index (κ3) is 8.89. The van der Waals surface area contributed by atoms with E-state index in [9.17, 15) is 9.59 Å². The number of rotatable bonds is 11. The molecule has 0 saturated carbocycles. The first-order valence-corrected chi connectivity index (χ1v) is 14.6. The van der Waals surface area contributed by atoms with Crippen LogP contribution in [0.25, 0.3) is 0 Å². The molecule has 0 unspecified atom stereocenters. The van der Waals surface area contributed by atoms with Gasteiger partial charge in [-0.15, -0.1) is 23.2 Å². The van der Waals surface area contributed by atoms with E-state index in [0.717, 1.165) is 5.56 Å². The summed E-state index contributed by atoms with van der Waals surface area (Å²) in [4.78, 5) is 27.0. The van der Waals surface area contributed by atoms with E-state index in [1.54, 1.807) is 57.7 Å². The van der Waals surface area contributed by atoms with E-state index >= 15 is 0 Å². The Morgan fingerprint density at radius 1 is 0.651 bits per heavy atom. The standard InChI is InChI=1S/C33H34N2O5.CH2Cl2/c1-22(30(23-14-8-5-9-15-23)34-32(36)24-16-10-6-11-17-24)31(35-33(37)25-18-12-7-13-19-25)29-27(39-3)20-26(38-2)21-28(29)40-4;2-1-3/h5-22,30-31H,1-4H3,(H,34,36)(H,35,37);1H2/t22-,30-,31-;/m1./s1. The largest absolute Gasteiger partial charge is 0.496 e. The third-order valence-corrected chi connectivity index (χ3v) is 6.92. The summed E-state index contributed by atoms with van der Waals surface area (Å²) in [6.07, 6.45) is 0. The first-order valence-electron chi connectivity index (χ1n) is 13.6. The van der Waals surface area contributed by atoms with Crippen molar-refractivity contribution in [2.45, 2.75) is 19.0 Å². The lowest BCUT2D eigenvalue weighted by Gasteiger charge is -2.34. The molecule has 2 N–H and O–H groups in total. The van der Waals surface area contributed by atoms with Crippen LogP contribution in [-0.2, 0) is 0 Å². The van der Waals surface area contributed by atoms with E-state index in [1.165, 1.54) is 0 Å². The first kappa shape index (κ1) is 33.3. The monoisotopic (exact) mass is 622 g/mol. The highest BCUT2D eigenvalue weighted by Crippen LogP contribution is 2.44. The number of hydrogen-bond donors (Lipinski definition) is 2. The van der Waals surface area contributed by atoms with Crippen LogP contribution in [0.1, 0.15) is 50.9 Å². The lowest BCUT2D eigenvalue weighted by Crippen LogP contribution is -2.41. The van der Waals surface area contributed by atoms with Gasteiger partial charge in [0.25, 0.3) is 11.8 Å². The lowest BCUT2D eigenvalue weighted by atomic mass is 9.83. The second kappa shape index (κ2) is 17.0. The fourth-order valence-electron chi connectivity index (χ4n) is 4.81. The summed E-state index contributed by atoms with van der Waals surface area (Å²) in [5.41, 5.74) is 2.58. The molecule has 4 aromatic carbocycles. The smallest absolute Gasteiger partial charge is 0.251 e. The number of halogens is 2. The van der Waals surface area contributed by atoms with Crippen LogP contribution in [0.3, 0.4) is 0 Å². The number of nitrogens with one attached hydrogen (secondary N) is 2. The zero-order valence-corrected chi connectivity index (χ0v) is 26.1. The van der Waals surface area contributed by atoms with Gasteiger partial charge in [-0.3, -0.25) is 9.59 Å². The third-order valence-electron chi connectivity index (χ3n) is 6.92. The molecule has 0 heterocycles. The summed E-state index contributed by atoms with van der Waals surface area (Å²) < 4.78 is 17.0. The Bertz CT molecular complexity index is 1410. The Balaban J connectivity index is 0.00000162. The summed E-state index contributed by atoms with van der Waals surface area (Å²) in [6, 6.07) is 30.2. The van der Waals surface area contributed by atoms with Crippen molar-refractivity contribution in [2.75, 3.05) is 26.7 Å². The van der Waals surface area contributed by atoms with E-state index in [-0.39, 0.29) is 23.1 Å². The van der Waals surface area contributed by atoms with E-state index in [1.807, 2.05) is 73.7 Å². The molecule has 7 nitrogen and oxygen atoms in total. The normalized spacial score (nSPS) is 12.4. The topological polar surface area (TPSA) is 85.9 Å². The van der Waals surface area contributed by atoms with Gasteiger partial charge in [-0.05, 0) is 29.8 Å². The maximum Gasteiger partial charge on any atom is 0.251 e. The Kier molecular flexibility index (Phi) is 13.2. The van der Waals surface area contributed by atoms with Crippen LogP contribution in [0.4, 0.5) is 0 Å². The van der Waals surface area contributed by atoms with Crippen LogP contribution in [0.5, 0.6) is 17.2 Å². The zero-order valence-electron chi connectivity index (χ0n) is 24.6. The minimum atomic E-state index is -0.634. The number of alkyl halides is 2. The van der Waals surface area contributed by atoms with Crippen LogP contribution in [0, 0.1) is 5.92 Å². The molecule has 0 aromatic heterocycles. The van der Waals surface area contributed by atoms with E-state index in [0.29, 0.717) is 33.9 Å². The summed E-state index contributed by atoms with van der Waals surface area (Å²) >= 11 is 9.53. The Morgan fingerprint density at radius 2 is 1.05 bits per heavy atom. The molecule has 0 aliphatic carbocycles. The fourth-order valence-corrected chi connectivity index (χ4v) is 4.81. The number of ether oxygens (including phenoxy) is 3. The van der Waals surface area contributed by atoms with Crippen LogP contribution >= 0.6 is 23.2 Å². The Hall–Kier alpha value is -4.20. The van der Waals surface area contributed by atoms with Gasteiger partial charge < -0.3 is 24.8 Å². The molecule has 0 fully saturated rings. The van der Waals surface area contributed by atoms with Gasteiger partial charge in [0.15, 0.2) is 0 Å². The van der Waals surface area contributed by atoms with Crippen molar-refractivity contribution in [2.24, 2.45) is 5.92 Å². The predicted molar refractivity (Wildman–Crippen MR) is 172 cm³/mol. The molecule has 4 aromatic rings. The predicted octanol–water partition coefficient (Wildman–Crippen LogP) is 7.41. The molecule has 0 aliphatic rings. The summed E-state index contributed by atoms with van der Waals surface area (Å²) in [5.74, 6) is 0.682. The average molecular weight is 624 g/mol. The highest BCUT2D eigenvalue weighted by atomic mass is 35.5. The van der Waals surface area contributed by atoms with Crippen molar-refractivity contribution < 1.29 is 23.8 Å². The van der Waals surface area contributed by atoms with Gasteiger partial charge >= 0.3 is 0 Å². The minimum absolute atomic E-state index is 0.194. The van der Waals surface area contributed by atoms with Gasteiger partial charge in [-0.1, -0.05) is 73.7 Å². The maximum atomic E-state index is 13.6. The number of amides is 2. The van der Waals surface area contributed by atoms with Crippen molar-refractivity contribution in [1.29, 1.82) is 0 Å². The molecule has 0 bridgehead atoms. The van der Waals surface area contributed by atoms with Crippen molar-refractivity contribution in [3.63, 3.8) is 0 Å². The highest BCUT2D eigenvalue weighted by Gasteiger charge is 2.35. The van der Waals surface area contributed by atoms with Crippen molar-refractivity contribution in [3.8, 4) is 17.2 Å². The number of carbonyl (C=O) groups is 2. The van der Waals surface area contributed by atoms with Crippen molar-refractivity contribution in [1.82, 2.24) is 10.6 Å². The van der Waals surface area contributed by atoms with Gasteiger partial charge in [0.2, 0.25) is 0 Å². The molecule has 9 heteroatoms. The molecule has 0 radical (unpaired) electrons. The Labute approximate surface area is 263 Å². The molecule has 0 saturated heterocycles. The van der Waals surface area contributed by atoms with Crippen LogP contribution in [0.15, 0.2) is 103 Å². The fraction of sp³-hybridized carbons (Fsp3) is 0.235. The van der Waals surface area contributed by atoms with Crippen LogP contribution in [-0.4, -0.2) is 38.5 Å². The molecule has 3 atom stereocenters. The molecule has 226 valence electrons. The molecular formula is C34H36Cl2N2O5. The van der Waals surface area contributed by atoms with Gasteiger partial charge in [0, 0.05) is 29.2 Å². The van der Waals surface area contributed by atoms with E-state index < -0.39 is 12.1 Å². The zero-order chi connectivity index (χ0) is 31.2. The summed E-state index contributed by atoms with van der Waals surface area (Å²) in [5, 5.41) is 6.62. The molecule has 0 spiro atoms. The van der Waals surface area contributed by atoms with Crippen LogP contribution in [0.2, 0.25) is 0 Å². The van der Waals surface area contributed by atoms with Crippen molar-refractivity contribution in [3.05, 3.63) is 125 Å². The van der Waals surface area contributed by atoms with Gasteiger partial charge in [0.05, 0.1) is 44.3 Å². The molecule has 2 amide bonds. The second-order valence-corrected chi connectivity index (χ2v) is 10.3. The summed E-state index contributed by atoms with van der Waals surface area (Å²) in [7, 11) is 4.68.